The first-order chi connectivity index (χ1) is 18.9. The van der Waals surface area contributed by atoms with Gasteiger partial charge in [-0.25, -0.2) is 4.99 Å². The van der Waals surface area contributed by atoms with Crippen LogP contribution in [0.1, 0.15) is 34.7 Å². The molecule has 196 valence electrons. The van der Waals surface area contributed by atoms with Crippen molar-refractivity contribution >= 4 is 28.8 Å². The van der Waals surface area contributed by atoms with E-state index in [0.717, 1.165) is 28.8 Å². The van der Waals surface area contributed by atoms with Crippen LogP contribution in [-0.4, -0.2) is 28.8 Å². The fourth-order valence-electron chi connectivity index (χ4n) is 5.26. The third-order valence-electron chi connectivity index (χ3n) is 7.11. The molecule has 0 unspecified atom stereocenters. The minimum atomic E-state index is -0.543. The van der Waals surface area contributed by atoms with Gasteiger partial charge in [-0.05, 0) is 54.3 Å². The van der Waals surface area contributed by atoms with Crippen LogP contribution in [0.4, 0.5) is 5.69 Å². The summed E-state index contributed by atoms with van der Waals surface area (Å²) in [5, 5.41) is 21.7. The summed E-state index contributed by atoms with van der Waals surface area (Å²) in [5.41, 5.74) is 4.50. The molecule has 39 heavy (non-hydrogen) atoms. The highest BCUT2D eigenvalue weighted by Gasteiger charge is 2.34. The van der Waals surface area contributed by atoms with Gasteiger partial charge in [0.2, 0.25) is 0 Å². The van der Waals surface area contributed by atoms with Gasteiger partial charge in [0.25, 0.3) is 11.2 Å². The molecule has 0 radical (unpaired) electrons. The Morgan fingerprint density at radius 2 is 1.92 bits per heavy atom. The van der Waals surface area contributed by atoms with Gasteiger partial charge in [0.1, 0.15) is 17.2 Å². The maximum atomic E-state index is 14.0. The number of nitro benzene ring substituents is 1. The predicted octanol–water partition coefficient (Wildman–Crippen LogP) is 3.95. The summed E-state index contributed by atoms with van der Waals surface area (Å²) in [5.74, 6) is 1.08. The number of phenolic OH excluding ortho intramolecular Hbond substituents is 1. The molecule has 1 aliphatic carbocycles. The van der Waals surface area contributed by atoms with E-state index in [9.17, 15) is 20.0 Å². The summed E-state index contributed by atoms with van der Waals surface area (Å²) in [7, 11) is 3.18. The number of aryl methyl sites for hydroxylation is 1. The number of nitro groups is 1. The Morgan fingerprint density at radius 1 is 1.10 bits per heavy atom. The molecular weight excluding hydrogens is 518 g/mol. The maximum absolute atomic E-state index is 14.0. The Hall–Kier alpha value is -4.70. The molecule has 1 N–H and O–H groups in total. The van der Waals surface area contributed by atoms with E-state index < -0.39 is 11.0 Å². The molecule has 6 rings (SSSR count). The van der Waals surface area contributed by atoms with Crippen LogP contribution in [0.2, 0.25) is 0 Å². The van der Waals surface area contributed by atoms with Gasteiger partial charge in [0, 0.05) is 28.8 Å². The van der Waals surface area contributed by atoms with Crippen molar-refractivity contribution in [1.29, 1.82) is 0 Å². The molecule has 0 spiro atoms. The van der Waals surface area contributed by atoms with Crippen LogP contribution < -0.4 is 24.4 Å². The van der Waals surface area contributed by atoms with Crippen molar-refractivity contribution in [2.75, 3.05) is 14.2 Å². The third kappa shape index (κ3) is 4.09. The molecular formula is C29H23N3O6S. The van der Waals surface area contributed by atoms with Crippen molar-refractivity contribution < 1.29 is 19.5 Å². The van der Waals surface area contributed by atoms with Gasteiger partial charge < -0.3 is 14.6 Å². The number of hydrogen-bond donors (Lipinski definition) is 1. The summed E-state index contributed by atoms with van der Waals surface area (Å²) in [6.07, 6.45) is 2.98. The van der Waals surface area contributed by atoms with Crippen LogP contribution in [0.3, 0.4) is 0 Å². The highest BCUT2D eigenvalue weighted by Crippen LogP contribution is 2.44. The highest BCUT2D eigenvalue weighted by molar-refractivity contribution is 7.07. The molecule has 0 bridgehead atoms. The number of aromatic hydroxyl groups is 1. The average molecular weight is 542 g/mol. The number of allylic oxidation sites excluding steroid dienone is 1. The zero-order valence-electron chi connectivity index (χ0n) is 21.1. The third-order valence-corrected chi connectivity index (χ3v) is 8.10. The monoisotopic (exact) mass is 541 g/mol. The first-order valence-electron chi connectivity index (χ1n) is 12.2. The largest absolute Gasteiger partial charge is 0.507 e. The smallest absolute Gasteiger partial charge is 0.271 e. The zero-order chi connectivity index (χ0) is 27.3. The normalized spacial score (nSPS) is 16.2. The number of non-ortho nitro benzene ring substituents is 1. The highest BCUT2D eigenvalue weighted by atomic mass is 32.1. The number of hydrogen-bond acceptors (Lipinski definition) is 8. The minimum absolute atomic E-state index is 0.161. The number of phenols is 1. The topological polar surface area (TPSA) is 116 Å². The van der Waals surface area contributed by atoms with Crippen LogP contribution in [0.5, 0.6) is 17.2 Å². The van der Waals surface area contributed by atoms with Crippen LogP contribution in [0, 0.1) is 10.1 Å². The van der Waals surface area contributed by atoms with Crippen molar-refractivity contribution in [3.63, 3.8) is 0 Å². The SMILES string of the molecule is COc1ccc(OC)c([C@@H]2C3=C(N=c4sc(=Cc5cc([N+](=O)[O-])ccc5O)c(=O)n42)c2ccccc2CC3)c1. The minimum Gasteiger partial charge on any atom is -0.507 e. The molecule has 1 aliphatic heterocycles. The fourth-order valence-corrected chi connectivity index (χ4v) is 6.26. The second-order valence-electron chi connectivity index (χ2n) is 9.22. The van der Waals surface area contributed by atoms with E-state index in [1.165, 1.54) is 41.2 Å². The van der Waals surface area contributed by atoms with Crippen molar-refractivity contribution in [2.45, 2.75) is 18.9 Å². The number of nitrogens with zero attached hydrogens (tertiary/aromatic N) is 3. The van der Waals surface area contributed by atoms with Crippen molar-refractivity contribution in [3.05, 3.63) is 118 Å². The lowest BCUT2D eigenvalue weighted by Gasteiger charge is -2.31. The molecule has 2 aliphatic rings. The van der Waals surface area contributed by atoms with E-state index in [4.69, 9.17) is 14.5 Å². The van der Waals surface area contributed by atoms with Gasteiger partial charge in [-0.2, -0.15) is 0 Å². The molecule has 4 aromatic rings. The number of aromatic nitrogens is 1. The Labute approximate surface area is 226 Å². The molecule has 3 aromatic carbocycles. The summed E-state index contributed by atoms with van der Waals surface area (Å²) in [6.45, 7) is 0. The molecule has 0 fully saturated rings. The van der Waals surface area contributed by atoms with Gasteiger partial charge in [-0.3, -0.25) is 19.5 Å². The zero-order valence-corrected chi connectivity index (χ0v) is 21.9. The van der Waals surface area contributed by atoms with Gasteiger partial charge in [0.05, 0.1) is 35.4 Å². The molecule has 1 atom stereocenters. The lowest BCUT2D eigenvalue weighted by Crippen LogP contribution is -2.39. The second-order valence-corrected chi connectivity index (χ2v) is 10.2. The Bertz CT molecular complexity index is 1870. The van der Waals surface area contributed by atoms with Crippen LogP contribution in [-0.2, 0) is 6.42 Å². The summed E-state index contributed by atoms with van der Waals surface area (Å²) in [6, 6.07) is 16.8. The maximum Gasteiger partial charge on any atom is 0.271 e. The van der Waals surface area contributed by atoms with Crippen LogP contribution in [0.25, 0.3) is 11.8 Å². The molecule has 1 aromatic heterocycles. The number of thiazole rings is 1. The first kappa shape index (κ1) is 24.6. The number of methoxy groups -OCH3 is 2. The van der Waals surface area contributed by atoms with Gasteiger partial charge in [-0.15, -0.1) is 0 Å². The van der Waals surface area contributed by atoms with E-state index in [0.29, 0.717) is 27.3 Å². The molecule has 10 heteroatoms. The quantitative estimate of drug-likeness (QED) is 0.302. The predicted molar refractivity (Wildman–Crippen MR) is 147 cm³/mol. The van der Waals surface area contributed by atoms with E-state index in [1.807, 2.05) is 36.4 Å². The molecule has 0 amide bonds. The number of fused-ring (bicyclic) bond motifs is 3. The second kappa shape index (κ2) is 9.55. The van der Waals surface area contributed by atoms with Gasteiger partial charge in [0.15, 0.2) is 4.80 Å². The molecule has 0 saturated carbocycles. The molecule has 2 heterocycles. The summed E-state index contributed by atoms with van der Waals surface area (Å²) < 4.78 is 13.2. The van der Waals surface area contributed by atoms with E-state index in [-0.39, 0.29) is 22.6 Å². The van der Waals surface area contributed by atoms with E-state index in [2.05, 4.69) is 6.07 Å². The Kier molecular flexibility index (Phi) is 6.03. The van der Waals surface area contributed by atoms with Crippen molar-refractivity contribution in [2.24, 2.45) is 4.99 Å². The molecule has 9 nitrogen and oxygen atoms in total. The Balaban J connectivity index is 1.65. The number of ether oxygens (including phenoxy) is 2. The van der Waals surface area contributed by atoms with E-state index >= 15 is 0 Å². The fraction of sp³-hybridized carbons (Fsp3) is 0.172. The summed E-state index contributed by atoms with van der Waals surface area (Å²) in [4.78, 5) is 30.2. The van der Waals surface area contributed by atoms with Crippen molar-refractivity contribution in [3.8, 4) is 17.2 Å². The Morgan fingerprint density at radius 3 is 2.69 bits per heavy atom. The number of benzene rings is 3. The average Bonchev–Trinajstić information content (AvgIpc) is 3.26. The first-order valence-corrected chi connectivity index (χ1v) is 13.0. The standard InChI is InChI=1S/C29H23N3O6S/c1-37-19-9-12-24(38-2)22(15-19)27-21-10-7-16-5-3-4-6-20(16)26(21)30-29-31(27)28(34)25(39-29)14-17-13-18(32(35)36)8-11-23(17)33/h3-6,8-9,11-15,27,33H,7,10H2,1-2H3/t27-/m0/s1. The lowest BCUT2D eigenvalue weighted by molar-refractivity contribution is -0.384. The molecule has 0 saturated heterocycles. The van der Waals surface area contributed by atoms with Crippen LogP contribution >= 0.6 is 11.3 Å². The van der Waals surface area contributed by atoms with Crippen molar-refractivity contribution in [1.82, 2.24) is 4.57 Å². The van der Waals surface area contributed by atoms with Gasteiger partial charge >= 0.3 is 0 Å². The summed E-state index contributed by atoms with van der Waals surface area (Å²) >= 11 is 1.17. The van der Waals surface area contributed by atoms with Crippen LogP contribution in [0.15, 0.2) is 76.0 Å². The van der Waals surface area contributed by atoms with E-state index in [1.54, 1.807) is 18.8 Å². The number of rotatable bonds is 5. The lowest BCUT2D eigenvalue weighted by atomic mass is 9.83. The van der Waals surface area contributed by atoms with Gasteiger partial charge in [-0.1, -0.05) is 35.6 Å².